The van der Waals surface area contributed by atoms with Gasteiger partial charge in [0.1, 0.15) is 0 Å². The van der Waals surface area contributed by atoms with Crippen molar-refractivity contribution >= 4 is 23.4 Å². The van der Waals surface area contributed by atoms with Gasteiger partial charge in [-0.15, -0.1) is 0 Å². The normalized spacial score (nSPS) is 19.8. The van der Waals surface area contributed by atoms with E-state index in [1.165, 1.54) is 5.56 Å². The number of benzene rings is 1. The molecule has 1 unspecified atom stereocenters. The highest BCUT2D eigenvalue weighted by Crippen LogP contribution is 2.40. The van der Waals surface area contributed by atoms with Crippen LogP contribution in [0.4, 0.5) is 0 Å². The van der Waals surface area contributed by atoms with Crippen molar-refractivity contribution in [3.8, 4) is 0 Å². The second-order valence-electron chi connectivity index (χ2n) is 9.55. The Labute approximate surface area is 205 Å². The number of aliphatic hydroxyl groups is 1. The number of carbonyl (C=O) groups is 2. The SMILES string of the molecule is O=C(CCn1cnc2ccccc21)N1CCC2(CC1)CC(O)CN(Cc1ccncc1)C2.O=CO. The van der Waals surface area contributed by atoms with E-state index in [1.807, 2.05) is 60.0 Å². The van der Waals surface area contributed by atoms with E-state index < -0.39 is 0 Å². The second-order valence-corrected chi connectivity index (χ2v) is 9.55. The van der Waals surface area contributed by atoms with Gasteiger partial charge >= 0.3 is 0 Å². The van der Waals surface area contributed by atoms with E-state index in [9.17, 15) is 9.90 Å². The van der Waals surface area contributed by atoms with E-state index in [0.29, 0.717) is 19.5 Å². The molecule has 9 nitrogen and oxygen atoms in total. The topological polar surface area (TPSA) is 112 Å². The van der Waals surface area contributed by atoms with E-state index in [0.717, 1.165) is 56.5 Å². The quantitative estimate of drug-likeness (QED) is 0.541. The summed E-state index contributed by atoms with van der Waals surface area (Å²) in [6.45, 7) is 4.49. The number of aryl methyl sites for hydroxylation is 1. The molecule has 1 amide bonds. The van der Waals surface area contributed by atoms with Crippen LogP contribution in [-0.2, 0) is 22.7 Å². The third kappa shape index (κ3) is 6.23. The lowest BCUT2D eigenvalue weighted by Gasteiger charge is -2.49. The molecule has 5 rings (SSSR count). The van der Waals surface area contributed by atoms with Crippen molar-refractivity contribution in [1.29, 1.82) is 0 Å². The molecule has 186 valence electrons. The molecule has 2 saturated heterocycles. The van der Waals surface area contributed by atoms with Gasteiger partial charge in [0.2, 0.25) is 5.91 Å². The average Bonchev–Trinajstić information content (AvgIpc) is 3.27. The Morgan fingerprint density at radius 1 is 1.14 bits per heavy atom. The van der Waals surface area contributed by atoms with Gasteiger partial charge in [-0.05, 0) is 54.5 Å². The average molecular weight is 480 g/mol. The standard InChI is InChI=1S/C25H31N5O2.CH2O2/c31-21-15-25(18-28(17-21)16-20-5-10-26-11-6-20)8-13-29(14-9-25)24(32)7-12-30-19-27-22-3-1-2-4-23(22)30;2-1-3/h1-6,10-11,19,21,31H,7-9,12-18H2;1H,(H,2,3). The molecule has 3 aromatic rings. The van der Waals surface area contributed by atoms with Gasteiger partial charge in [-0.25, -0.2) is 4.98 Å². The lowest BCUT2D eigenvalue weighted by atomic mass is 9.71. The lowest BCUT2D eigenvalue weighted by molar-refractivity contribution is -0.135. The Balaban J connectivity index is 0.000000917. The van der Waals surface area contributed by atoms with Gasteiger partial charge in [0, 0.05) is 58.1 Å². The molecule has 0 radical (unpaired) electrons. The molecule has 0 aliphatic carbocycles. The van der Waals surface area contributed by atoms with Gasteiger partial charge in [-0.1, -0.05) is 12.1 Å². The molecule has 2 aliphatic heterocycles. The first kappa shape index (κ1) is 24.8. The number of fused-ring (bicyclic) bond motifs is 1. The molecular formula is C26H33N5O4. The Morgan fingerprint density at radius 3 is 2.60 bits per heavy atom. The number of pyridine rings is 1. The predicted molar refractivity (Wildman–Crippen MR) is 131 cm³/mol. The zero-order valence-electron chi connectivity index (χ0n) is 19.9. The maximum Gasteiger partial charge on any atom is 0.290 e. The van der Waals surface area contributed by atoms with Crippen molar-refractivity contribution in [2.24, 2.45) is 5.41 Å². The van der Waals surface area contributed by atoms with Crippen molar-refractivity contribution < 1.29 is 19.8 Å². The number of carbonyl (C=O) groups excluding carboxylic acids is 1. The van der Waals surface area contributed by atoms with E-state index >= 15 is 0 Å². The molecule has 2 aliphatic rings. The van der Waals surface area contributed by atoms with Crippen LogP contribution in [0, 0.1) is 5.41 Å². The van der Waals surface area contributed by atoms with Crippen LogP contribution in [0.25, 0.3) is 11.0 Å². The second kappa shape index (κ2) is 11.4. The maximum absolute atomic E-state index is 12.9. The monoisotopic (exact) mass is 479 g/mol. The zero-order valence-corrected chi connectivity index (χ0v) is 19.9. The summed E-state index contributed by atoms with van der Waals surface area (Å²) < 4.78 is 2.06. The number of aliphatic hydroxyl groups excluding tert-OH is 1. The molecule has 0 saturated carbocycles. The van der Waals surface area contributed by atoms with E-state index in [2.05, 4.69) is 19.4 Å². The molecule has 35 heavy (non-hydrogen) atoms. The summed E-state index contributed by atoms with van der Waals surface area (Å²) in [5, 5.41) is 17.5. The summed E-state index contributed by atoms with van der Waals surface area (Å²) in [6.07, 6.45) is 8.40. The number of hydrogen-bond donors (Lipinski definition) is 2. The third-order valence-corrected chi connectivity index (χ3v) is 7.12. The molecule has 4 heterocycles. The fraction of sp³-hybridized carbons (Fsp3) is 0.462. The Morgan fingerprint density at radius 2 is 1.86 bits per heavy atom. The lowest BCUT2D eigenvalue weighted by Crippen LogP contribution is -2.54. The molecular weight excluding hydrogens is 446 g/mol. The van der Waals surface area contributed by atoms with Crippen LogP contribution in [0.3, 0.4) is 0 Å². The minimum absolute atomic E-state index is 0.0992. The van der Waals surface area contributed by atoms with Crippen LogP contribution in [0.15, 0.2) is 55.1 Å². The van der Waals surface area contributed by atoms with Gasteiger partial charge in [-0.3, -0.25) is 19.5 Å². The number of aromatic nitrogens is 3. The molecule has 9 heteroatoms. The van der Waals surface area contributed by atoms with Gasteiger partial charge in [0.15, 0.2) is 0 Å². The summed E-state index contributed by atoms with van der Waals surface area (Å²) in [7, 11) is 0. The van der Waals surface area contributed by atoms with Crippen LogP contribution >= 0.6 is 0 Å². The van der Waals surface area contributed by atoms with Gasteiger partial charge in [0.25, 0.3) is 6.47 Å². The van der Waals surface area contributed by atoms with Crippen molar-refractivity contribution in [3.63, 3.8) is 0 Å². The summed E-state index contributed by atoms with van der Waals surface area (Å²) >= 11 is 0. The molecule has 1 spiro atoms. The summed E-state index contributed by atoms with van der Waals surface area (Å²) in [4.78, 5) is 34.2. The largest absolute Gasteiger partial charge is 0.483 e. The summed E-state index contributed by atoms with van der Waals surface area (Å²) in [5.41, 5.74) is 3.36. The molecule has 1 aromatic carbocycles. The number of para-hydroxylation sites is 2. The first-order valence-corrected chi connectivity index (χ1v) is 12.1. The van der Waals surface area contributed by atoms with Crippen molar-refractivity contribution in [2.75, 3.05) is 26.2 Å². The van der Waals surface area contributed by atoms with Crippen LogP contribution in [0.2, 0.25) is 0 Å². The van der Waals surface area contributed by atoms with Crippen LogP contribution in [0.5, 0.6) is 0 Å². The van der Waals surface area contributed by atoms with E-state index in [-0.39, 0.29) is 23.9 Å². The maximum atomic E-state index is 12.9. The fourth-order valence-corrected chi connectivity index (χ4v) is 5.49. The number of nitrogens with zero attached hydrogens (tertiary/aromatic N) is 5. The first-order chi connectivity index (χ1) is 17.0. The fourth-order valence-electron chi connectivity index (χ4n) is 5.49. The highest BCUT2D eigenvalue weighted by molar-refractivity contribution is 5.77. The van der Waals surface area contributed by atoms with Crippen molar-refractivity contribution in [2.45, 2.75) is 44.9 Å². The molecule has 1 atom stereocenters. The number of piperidine rings is 2. The molecule has 0 bridgehead atoms. The van der Waals surface area contributed by atoms with E-state index in [4.69, 9.17) is 9.90 Å². The Kier molecular flexibility index (Phi) is 8.09. The third-order valence-electron chi connectivity index (χ3n) is 7.12. The van der Waals surface area contributed by atoms with Crippen molar-refractivity contribution in [3.05, 3.63) is 60.7 Å². The predicted octanol–water partition coefficient (Wildman–Crippen LogP) is 2.40. The van der Waals surface area contributed by atoms with Crippen LogP contribution in [-0.4, -0.2) is 79.2 Å². The minimum atomic E-state index is -0.303. The van der Waals surface area contributed by atoms with Gasteiger partial charge < -0.3 is 19.7 Å². The Bertz CT molecular complexity index is 1110. The summed E-state index contributed by atoms with van der Waals surface area (Å²) in [5.74, 6) is 0.211. The van der Waals surface area contributed by atoms with E-state index in [1.54, 1.807) is 0 Å². The Hall–Kier alpha value is -3.30. The van der Waals surface area contributed by atoms with Gasteiger partial charge in [-0.2, -0.15) is 0 Å². The molecule has 2 fully saturated rings. The minimum Gasteiger partial charge on any atom is -0.483 e. The number of rotatable bonds is 5. The van der Waals surface area contributed by atoms with Crippen molar-refractivity contribution in [1.82, 2.24) is 24.3 Å². The molecule has 2 aromatic heterocycles. The van der Waals surface area contributed by atoms with Crippen LogP contribution < -0.4 is 0 Å². The molecule has 2 N–H and O–H groups in total. The number of hydrogen-bond acceptors (Lipinski definition) is 6. The smallest absolute Gasteiger partial charge is 0.290 e. The first-order valence-electron chi connectivity index (χ1n) is 12.1. The number of amides is 1. The highest BCUT2D eigenvalue weighted by Gasteiger charge is 2.42. The van der Waals surface area contributed by atoms with Crippen LogP contribution in [0.1, 0.15) is 31.2 Å². The number of β-amino-alcohol motifs (C(OH)–C–C–N with tert-alkyl or cyclic N) is 1. The zero-order chi connectivity index (χ0) is 24.7. The number of imidazole rings is 1. The van der Waals surface area contributed by atoms with Gasteiger partial charge in [0.05, 0.1) is 23.5 Å². The highest BCUT2D eigenvalue weighted by atomic mass is 16.3. The number of likely N-dealkylation sites (tertiary alicyclic amines) is 2. The summed E-state index contributed by atoms with van der Waals surface area (Å²) in [6, 6.07) is 12.1. The number of carboxylic acid groups (broad SMARTS) is 1.